The van der Waals surface area contributed by atoms with E-state index in [1.54, 1.807) is 39.4 Å². The van der Waals surface area contributed by atoms with Gasteiger partial charge in [-0.1, -0.05) is 24.3 Å². The van der Waals surface area contributed by atoms with Crippen LogP contribution in [0.3, 0.4) is 0 Å². The van der Waals surface area contributed by atoms with E-state index in [0.717, 1.165) is 21.8 Å². The van der Waals surface area contributed by atoms with Crippen LogP contribution >= 0.6 is 11.3 Å². The Hall–Kier alpha value is -4.11. The summed E-state index contributed by atoms with van der Waals surface area (Å²) in [6.07, 6.45) is 8.97. The van der Waals surface area contributed by atoms with Gasteiger partial charge in [0.05, 0.1) is 18.4 Å². The minimum atomic E-state index is -0.301. The van der Waals surface area contributed by atoms with Crippen LogP contribution in [0.25, 0.3) is 16.3 Å². The SMILES string of the molecule is O=C(Nc1ccn(Cc2cccnc2)n1)c1csc(-c2cnn(-c3ccccc3)c2)n1. The molecule has 31 heavy (non-hydrogen) atoms. The molecular formula is C22H17N7OS. The quantitative estimate of drug-likeness (QED) is 0.444. The molecule has 1 amide bonds. The molecule has 4 heterocycles. The predicted octanol–water partition coefficient (Wildman–Crippen LogP) is 3.89. The fraction of sp³-hybridized carbons (Fsp3) is 0.0455. The summed E-state index contributed by atoms with van der Waals surface area (Å²) in [6, 6.07) is 15.4. The van der Waals surface area contributed by atoms with Gasteiger partial charge in [-0.25, -0.2) is 9.67 Å². The fourth-order valence-corrected chi connectivity index (χ4v) is 3.82. The monoisotopic (exact) mass is 427 g/mol. The Balaban J connectivity index is 1.26. The van der Waals surface area contributed by atoms with Gasteiger partial charge in [0.2, 0.25) is 0 Å². The van der Waals surface area contributed by atoms with Crippen LogP contribution in [0.2, 0.25) is 0 Å². The van der Waals surface area contributed by atoms with E-state index in [2.05, 4.69) is 25.5 Å². The zero-order valence-electron chi connectivity index (χ0n) is 16.3. The van der Waals surface area contributed by atoms with Crippen molar-refractivity contribution in [2.75, 3.05) is 5.32 Å². The molecule has 0 unspecified atom stereocenters. The average molecular weight is 427 g/mol. The summed E-state index contributed by atoms with van der Waals surface area (Å²) < 4.78 is 3.53. The summed E-state index contributed by atoms with van der Waals surface area (Å²) in [5.74, 6) is 0.171. The van der Waals surface area contributed by atoms with Crippen LogP contribution in [0.5, 0.6) is 0 Å². The number of nitrogens with zero attached hydrogens (tertiary/aromatic N) is 6. The molecule has 0 fully saturated rings. The topological polar surface area (TPSA) is 90.5 Å². The van der Waals surface area contributed by atoms with Gasteiger partial charge in [0.1, 0.15) is 10.7 Å². The van der Waals surface area contributed by atoms with Crippen molar-refractivity contribution in [2.45, 2.75) is 6.54 Å². The summed E-state index contributed by atoms with van der Waals surface area (Å²) in [5, 5.41) is 14.0. The van der Waals surface area contributed by atoms with E-state index < -0.39 is 0 Å². The molecule has 9 heteroatoms. The Kier molecular flexibility index (Phi) is 5.07. The molecule has 0 bridgehead atoms. The van der Waals surface area contributed by atoms with Crippen LogP contribution < -0.4 is 5.32 Å². The van der Waals surface area contributed by atoms with Crippen LogP contribution in [0, 0.1) is 0 Å². The number of carbonyl (C=O) groups excluding carboxylic acids is 1. The molecule has 0 radical (unpaired) electrons. The van der Waals surface area contributed by atoms with Crippen LogP contribution in [0.4, 0.5) is 5.82 Å². The van der Waals surface area contributed by atoms with Gasteiger partial charge in [-0.05, 0) is 23.8 Å². The van der Waals surface area contributed by atoms with Crippen molar-refractivity contribution in [3.8, 4) is 16.3 Å². The lowest BCUT2D eigenvalue weighted by molar-refractivity contribution is 0.102. The molecule has 4 aromatic heterocycles. The maximum atomic E-state index is 12.6. The van der Waals surface area contributed by atoms with E-state index in [1.807, 2.05) is 54.9 Å². The second-order valence-corrected chi connectivity index (χ2v) is 7.62. The average Bonchev–Trinajstić information content (AvgIpc) is 3.56. The van der Waals surface area contributed by atoms with Gasteiger partial charge in [0, 0.05) is 41.8 Å². The first kappa shape index (κ1) is 18.9. The molecule has 0 saturated carbocycles. The molecule has 152 valence electrons. The van der Waals surface area contributed by atoms with Crippen molar-refractivity contribution in [3.63, 3.8) is 0 Å². The molecule has 0 atom stereocenters. The third kappa shape index (κ3) is 4.26. The number of para-hydroxylation sites is 1. The largest absolute Gasteiger partial charge is 0.304 e. The van der Waals surface area contributed by atoms with Crippen LogP contribution in [0.1, 0.15) is 16.1 Å². The summed E-state index contributed by atoms with van der Waals surface area (Å²) in [7, 11) is 0. The van der Waals surface area contributed by atoms with Gasteiger partial charge in [-0.3, -0.25) is 14.5 Å². The number of pyridine rings is 1. The van der Waals surface area contributed by atoms with Gasteiger partial charge >= 0.3 is 0 Å². The molecule has 0 saturated heterocycles. The number of rotatable bonds is 6. The number of anilines is 1. The van der Waals surface area contributed by atoms with Crippen molar-refractivity contribution in [1.82, 2.24) is 29.5 Å². The first-order valence-corrected chi connectivity index (χ1v) is 10.4. The van der Waals surface area contributed by atoms with E-state index >= 15 is 0 Å². The zero-order chi connectivity index (χ0) is 21.0. The number of benzene rings is 1. The second kappa shape index (κ2) is 8.33. The number of aromatic nitrogens is 6. The minimum absolute atomic E-state index is 0.301. The van der Waals surface area contributed by atoms with Gasteiger partial charge < -0.3 is 5.32 Å². The highest BCUT2D eigenvalue weighted by molar-refractivity contribution is 7.13. The summed E-state index contributed by atoms with van der Waals surface area (Å²) in [4.78, 5) is 21.2. The maximum Gasteiger partial charge on any atom is 0.276 e. The summed E-state index contributed by atoms with van der Waals surface area (Å²) in [6.45, 7) is 0.579. The number of amides is 1. The number of carbonyl (C=O) groups is 1. The third-order valence-electron chi connectivity index (χ3n) is 4.54. The predicted molar refractivity (Wildman–Crippen MR) is 118 cm³/mol. The van der Waals surface area contributed by atoms with Gasteiger partial charge in [0.25, 0.3) is 5.91 Å². The Morgan fingerprint density at radius 3 is 2.81 bits per heavy atom. The highest BCUT2D eigenvalue weighted by atomic mass is 32.1. The van der Waals surface area contributed by atoms with Crippen molar-refractivity contribution in [3.05, 3.63) is 96.2 Å². The Bertz CT molecular complexity index is 1310. The normalized spacial score (nSPS) is 10.8. The van der Waals surface area contributed by atoms with Gasteiger partial charge in [-0.15, -0.1) is 11.3 Å². The molecule has 1 aromatic carbocycles. The van der Waals surface area contributed by atoms with E-state index in [9.17, 15) is 4.79 Å². The molecular weight excluding hydrogens is 410 g/mol. The highest BCUT2D eigenvalue weighted by Crippen LogP contribution is 2.24. The van der Waals surface area contributed by atoms with Gasteiger partial charge in [0.15, 0.2) is 5.82 Å². The molecule has 0 aliphatic heterocycles. The fourth-order valence-electron chi connectivity index (χ4n) is 3.04. The Morgan fingerprint density at radius 2 is 1.97 bits per heavy atom. The number of thiazole rings is 1. The maximum absolute atomic E-state index is 12.6. The first-order chi connectivity index (χ1) is 15.2. The van der Waals surface area contributed by atoms with Crippen molar-refractivity contribution in [1.29, 1.82) is 0 Å². The molecule has 0 aliphatic carbocycles. The summed E-state index contributed by atoms with van der Waals surface area (Å²) >= 11 is 1.40. The summed E-state index contributed by atoms with van der Waals surface area (Å²) in [5.41, 5.74) is 3.19. The van der Waals surface area contributed by atoms with Crippen LogP contribution in [0.15, 0.2) is 84.9 Å². The number of hydrogen-bond donors (Lipinski definition) is 1. The number of nitrogens with one attached hydrogen (secondary N) is 1. The van der Waals surface area contributed by atoms with Crippen LogP contribution in [-0.2, 0) is 6.54 Å². The lowest BCUT2D eigenvalue weighted by Gasteiger charge is -2.01. The minimum Gasteiger partial charge on any atom is -0.304 e. The lowest BCUT2D eigenvalue weighted by Crippen LogP contribution is -2.13. The molecule has 5 aromatic rings. The Labute approximate surface area is 181 Å². The smallest absolute Gasteiger partial charge is 0.276 e. The molecule has 0 aliphatic rings. The second-order valence-electron chi connectivity index (χ2n) is 6.76. The van der Waals surface area contributed by atoms with Gasteiger partial charge in [-0.2, -0.15) is 10.2 Å². The van der Waals surface area contributed by atoms with E-state index in [-0.39, 0.29) is 5.91 Å². The van der Waals surface area contributed by atoms with Crippen molar-refractivity contribution < 1.29 is 4.79 Å². The van der Waals surface area contributed by atoms with Crippen LogP contribution in [-0.4, -0.2) is 35.4 Å². The highest BCUT2D eigenvalue weighted by Gasteiger charge is 2.14. The molecule has 1 N–H and O–H groups in total. The number of hydrogen-bond acceptors (Lipinski definition) is 6. The first-order valence-electron chi connectivity index (χ1n) is 9.54. The van der Waals surface area contributed by atoms with E-state index in [0.29, 0.717) is 18.1 Å². The standard InChI is InChI=1S/C22H17N7OS/c30-21(26-20-8-10-28(27-20)13-16-5-4-9-23-11-16)19-15-31-22(25-19)17-12-24-29(14-17)18-6-2-1-3-7-18/h1-12,14-15H,13H2,(H,26,27,30). The molecule has 0 spiro atoms. The van der Waals surface area contributed by atoms with E-state index in [4.69, 9.17) is 0 Å². The molecule has 8 nitrogen and oxygen atoms in total. The van der Waals surface area contributed by atoms with Crippen molar-refractivity contribution >= 4 is 23.1 Å². The lowest BCUT2D eigenvalue weighted by atomic mass is 10.3. The van der Waals surface area contributed by atoms with E-state index in [1.165, 1.54) is 11.3 Å². The van der Waals surface area contributed by atoms with Crippen molar-refractivity contribution in [2.24, 2.45) is 0 Å². The Morgan fingerprint density at radius 1 is 1.06 bits per heavy atom. The zero-order valence-corrected chi connectivity index (χ0v) is 17.1. The molecule has 5 rings (SSSR count). The third-order valence-corrected chi connectivity index (χ3v) is 5.43.